The second-order valence-corrected chi connectivity index (χ2v) is 8.05. The molecule has 4 rings (SSSR count). The van der Waals surface area contributed by atoms with Crippen LogP contribution >= 0.6 is 11.9 Å². The lowest BCUT2D eigenvalue weighted by molar-refractivity contribution is 0.0253. The van der Waals surface area contributed by atoms with Gasteiger partial charge in [-0.3, -0.25) is 4.79 Å². The van der Waals surface area contributed by atoms with Crippen molar-refractivity contribution in [2.75, 3.05) is 53.6 Å². The third kappa shape index (κ3) is 5.16. The van der Waals surface area contributed by atoms with Crippen molar-refractivity contribution in [3.05, 3.63) is 42.0 Å². The Kier molecular flexibility index (Phi) is 6.93. The first kappa shape index (κ1) is 20.8. The summed E-state index contributed by atoms with van der Waals surface area (Å²) in [5, 5.41) is 11.9. The molecule has 1 atom stereocenters. The van der Waals surface area contributed by atoms with Gasteiger partial charge in [-0.15, -0.1) is 0 Å². The van der Waals surface area contributed by atoms with Gasteiger partial charge >= 0.3 is 0 Å². The van der Waals surface area contributed by atoms with Gasteiger partial charge in [0.1, 0.15) is 12.4 Å². The molecular weight excluding hydrogens is 404 g/mol. The van der Waals surface area contributed by atoms with E-state index in [1.165, 1.54) is 11.9 Å². The quantitative estimate of drug-likeness (QED) is 0.503. The van der Waals surface area contributed by atoms with E-state index in [9.17, 15) is 4.79 Å². The third-order valence-corrected chi connectivity index (χ3v) is 5.76. The van der Waals surface area contributed by atoms with E-state index in [1.54, 1.807) is 18.2 Å². The molecule has 0 radical (unpaired) electrons. The zero-order valence-corrected chi connectivity index (χ0v) is 17.5. The summed E-state index contributed by atoms with van der Waals surface area (Å²) >= 11 is 1.43. The number of carbonyl (C=O) groups is 1. The number of aliphatic hydroxyl groups excluding tert-OH is 1. The number of fused-ring (bicyclic) bond motifs is 6. The van der Waals surface area contributed by atoms with Crippen molar-refractivity contribution in [2.24, 2.45) is 0 Å². The first-order chi connectivity index (χ1) is 14.7. The molecule has 0 spiro atoms. The molecule has 0 aliphatic carbocycles. The SMILES string of the molecule is O=C1Nc2cccc(n2)OCCOC2CCCN(C2)c2cc(NSCCO)ccc21. The summed E-state index contributed by atoms with van der Waals surface area (Å²) in [6, 6.07) is 11.0. The fraction of sp³-hybridized carbons (Fsp3) is 0.429. The molecule has 2 aliphatic heterocycles. The van der Waals surface area contributed by atoms with Crippen LogP contribution in [-0.2, 0) is 4.74 Å². The normalized spacial score (nSPS) is 19.2. The molecule has 3 heterocycles. The number of aromatic nitrogens is 1. The number of ether oxygens (including phenoxy) is 2. The number of amides is 1. The van der Waals surface area contributed by atoms with E-state index in [0.717, 1.165) is 37.3 Å². The highest BCUT2D eigenvalue weighted by Gasteiger charge is 2.25. The molecule has 1 amide bonds. The highest BCUT2D eigenvalue weighted by atomic mass is 32.2. The minimum atomic E-state index is -0.218. The average Bonchev–Trinajstić information content (AvgIpc) is 2.77. The van der Waals surface area contributed by atoms with Gasteiger partial charge in [0, 0.05) is 30.6 Å². The van der Waals surface area contributed by atoms with Crippen molar-refractivity contribution < 1.29 is 19.4 Å². The number of aliphatic hydroxyl groups is 1. The lowest BCUT2D eigenvalue weighted by atomic mass is 10.0. The van der Waals surface area contributed by atoms with Crippen LogP contribution in [0.3, 0.4) is 0 Å². The van der Waals surface area contributed by atoms with E-state index in [-0.39, 0.29) is 18.6 Å². The molecule has 1 aromatic carbocycles. The first-order valence-corrected chi connectivity index (χ1v) is 11.1. The maximum Gasteiger partial charge on any atom is 0.258 e. The monoisotopic (exact) mass is 430 g/mol. The van der Waals surface area contributed by atoms with Crippen molar-refractivity contribution in [3.8, 4) is 5.88 Å². The van der Waals surface area contributed by atoms with Gasteiger partial charge in [-0.1, -0.05) is 18.0 Å². The second-order valence-electron chi connectivity index (χ2n) is 7.15. The van der Waals surface area contributed by atoms with Crippen molar-refractivity contribution in [1.29, 1.82) is 0 Å². The van der Waals surface area contributed by atoms with Gasteiger partial charge in [-0.25, -0.2) is 0 Å². The first-order valence-electron chi connectivity index (χ1n) is 10.1. The van der Waals surface area contributed by atoms with E-state index in [0.29, 0.717) is 36.2 Å². The Labute approximate surface area is 180 Å². The Balaban J connectivity index is 1.67. The van der Waals surface area contributed by atoms with E-state index in [1.807, 2.05) is 18.2 Å². The van der Waals surface area contributed by atoms with Crippen LogP contribution in [0.4, 0.5) is 17.2 Å². The van der Waals surface area contributed by atoms with Gasteiger partial charge < -0.3 is 29.5 Å². The summed E-state index contributed by atoms with van der Waals surface area (Å²) in [6.45, 7) is 2.58. The predicted molar refractivity (Wildman–Crippen MR) is 118 cm³/mol. The predicted octanol–water partition coefficient (Wildman–Crippen LogP) is 2.76. The number of rotatable bonds is 4. The minimum absolute atomic E-state index is 0.0841. The van der Waals surface area contributed by atoms with E-state index >= 15 is 0 Å². The minimum Gasteiger partial charge on any atom is -0.475 e. The van der Waals surface area contributed by atoms with Crippen LogP contribution < -0.4 is 19.7 Å². The number of hydrogen-bond donors (Lipinski definition) is 3. The smallest absolute Gasteiger partial charge is 0.258 e. The number of pyridine rings is 1. The molecule has 2 aliphatic rings. The summed E-state index contributed by atoms with van der Waals surface area (Å²) in [6.07, 6.45) is 2.06. The number of benzene rings is 1. The van der Waals surface area contributed by atoms with Crippen LogP contribution in [0.1, 0.15) is 23.2 Å². The highest BCUT2D eigenvalue weighted by Crippen LogP contribution is 2.30. The fourth-order valence-electron chi connectivity index (χ4n) is 3.63. The molecule has 1 fully saturated rings. The largest absolute Gasteiger partial charge is 0.475 e. The Morgan fingerprint density at radius 3 is 3.13 bits per heavy atom. The summed E-state index contributed by atoms with van der Waals surface area (Å²) in [5.41, 5.74) is 2.33. The van der Waals surface area contributed by atoms with Crippen LogP contribution in [-0.4, -0.2) is 60.8 Å². The van der Waals surface area contributed by atoms with E-state index < -0.39 is 0 Å². The lowest BCUT2D eigenvalue weighted by Gasteiger charge is -2.35. The summed E-state index contributed by atoms with van der Waals surface area (Å²) in [5.74, 6) is 1.27. The molecule has 9 heteroatoms. The summed E-state index contributed by atoms with van der Waals surface area (Å²) in [7, 11) is 0. The van der Waals surface area contributed by atoms with Gasteiger partial charge in [0.2, 0.25) is 5.88 Å². The Hall–Kier alpha value is -2.49. The summed E-state index contributed by atoms with van der Waals surface area (Å²) in [4.78, 5) is 19.7. The Bertz CT molecular complexity index is 882. The van der Waals surface area contributed by atoms with Gasteiger partial charge in [0.25, 0.3) is 5.91 Å². The van der Waals surface area contributed by atoms with E-state index in [4.69, 9.17) is 14.6 Å². The topological polar surface area (TPSA) is 96.0 Å². The van der Waals surface area contributed by atoms with Crippen LogP contribution in [0.5, 0.6) is 5.88 Å². The number of anilines is 3. The zero-order valence-electron chi connectivity index (χ0n) is 16.7. The molecule has 160 valence electrons. The number of carbonyl (C=O) groups excluding carboxylic acids is 1. The zero-order chi connectivity index (χ0) is 20.8. The van der Waals surface area contributed by atoms with Crippen LogP contribution in [0.15, 0.2) is 36.4 Å². The molecule has 30 heavy (non-hydrogen) atoms. The van der Waals surface area contributed by atoms with Gasteiger partial charge in [-0.2, -0.15) is 4.98 Å². The van der Waals surface area contributed by atoms with Gasteiger partial charge in [-0.05, 0) is 37.1 Å². The fourth-order valence-corrected chi connectivity index (χ4v) is 4.12. The number of nitrogens with one attached hydrogen (secondary N) is 2. The summed E-state index contributed by atoms with van der Waals surface area (Å²) < 4.78 is 14.9. The Morgan fingerprint density at radius 1 is 1.30 bits per heavy atom. The van der Waals surface area contributed by atoms with Crippen LogP contribution in [0.25, 0.3) is 0 Å². The molecule has 2 aromatic rings. The van der Waals surface area contributed by atoms with Crippen LogP contribution in [0.2, 0.25) is 0 Å². The maximum absolute atomic E-state index is 13.1. The molecule has 0 saturated carbocycles. The Morgan fingerprint density at radius 2 is 2.23 bits per heavy atom. The molecule has 3 N–H and O–H groups in total. The average molecular weight is 431 g/mol. The molecule has 8 nitrogen and oxygen atoms in total. The molecule has 1 aromatic heterocycles. The number of nitrogens with zero attached hydrogens (tertiary/aromatic N) is 2. The number of piperidine rings is 1. The molecule has 4 bridgehead atoms. The third-order valence-electron chi connectivity index (χ3n) is 5.00. The molecule has 1 saturated heterocycles. The second kappa shape index (κ2) is 10.0. The van der Waals surface area contributed by atoms with Crippen molar-refractivity contribution in [1.82, 2.24) is 4.98 Å². The van der Waals surface area contributed by atoms with Crippen molar-refractivity contribution in [2.45, 2.75) is 18.9 Å². The van der Waals surface area contributed by atoms with Crippen LogP contribution in [0, 0.1) is 0 Å². The molecule has 1 unspecified atom stereocenters. The van der Waals surface area contributed by atoms with Gasteiger partial charge in [0.05, 0.1) is 30.6 Å². The lowest BCUT2D eigenvalue weighted by Crippen LogP contribution is -2.41. The number of hydrogen-bond acceptors (Lipinski definition) is 8. The standard InChI is InChI=1S/C21H26N4O4S/c26-9-12-30-24-15-6-7-17-18(13-15)25-8-2-3-16(14-25)28-10-11-29-20-5-1-4-19(22-20)23-21(17)27/h1,4-7,13,16,24,26H,2-3,8-12,14H2,(H,22,23,27). The molecular formula is C21H26N4O4S. The highest BCUT2D eigenvalue weighted by molar-refractivity contribution is 8.00. The van der Waals surface area contributed by atoms with E-state index in [2.05, 4.69) is 19.9 Å². The van der Waals surface area contributed by atoms with Gasteiger partial charge in [0.15, 0.2) is 0 Å². The maximum atomic E-state index is 13.1. The van der Waals surface area contributed by atoms with Crippen molar-refractivity contribution >= 4 is 35.0 Å². The van der Waals surface area contributed by atoms with Crippen molar-refractivity contribution in [3.63, 3.8) is 0 Å².